The van der Waals surface area contributed by atoms with Gasteiger partial charge in [-0.1, -0.05) is 13.8 Å². The minimum absolute atomic E-state index is 0.231. The Labute approximate surface area is 139 Å². The molecular weight excluding hydrogens is 376 g/mol. The zero-order valence-electron chi connectivity index (χ0n) is 12.3. The minimum atomic E-state index is -3.48. The molecule has 21 heavy (non-hydrogen) atoms. The van der Waals surface area contributed by atoms with Crippen LogP contribution in [0.2, 0.25) is 0 Å². The lowest BCUT2D eigenvalue weighted by atomic mass is 10.3. The number of hydrogen-bond donors (Lipinski definition) is 1. The van der Waals surface area contributed by atoms with Gasteiger partial charge in [-0.2, -0.15) is 16.1 Å². The van der Waals surface area contributed by atoms with Gasteiger partial charge in [0.2, 0.25) is 10.0 Å². The van der Waals surface area contributed by atoms with Crippen LogP contribution in [0.4, 0.5) is 0 Å². The Kier molecular flexibility index (Phi) is 6.19. The van der Waals surface area contributed by atoms with Crippen LogP contribution < -0.4 is 5.32 Å². The van der Waals surface area contributed by atoms with Crippen molar-refractivity contribution in [2.45, 2.75) is 37.8 Å². The molecule has 1 aromatic heterocycles. The summed E-state index contributed by atoms with van der Waals surface area (Å²) in [5.74, 6) is 2.48. The molecule has 120 valence electrons. The molecule has 0 bridgehead atoms. The van der Waals surface area contributed by atoms with Gasteiger partial charge in [0.05, 0.1) is 6.54 Å². The van der Waals surface area contributed by atoms with Gasteiger partial charge in [-0.15, -0.1) is 0 Å². The molecular formula is C13H21BrN2O3S2. The van der Waals surface area contributed by atoms with Gasteiger partial charge in [0, 0.05) is 31.0 Å². The van der Waals surface area contributed by atoms with Crippen molar-refractivity contribution < 1.29 is 12.8 Å². The summed E-state index contributed by atoms with van der Waals surface area (Å²) >= 11 is 5.04. The van der Waals surface area contributed by atoms with Crippen molar-refractivity contribution in [1.82, 2.24) is 9.62 Å². The van der Waals surface area contributed by atoms with Gasteiger partial charge < -0.3 is 9.73 Å². The summed E-state index contributed by atoms with van der Waals surface area (Å²) in [6.45, 7) is 5.72. The van der Waals surface area contributed by atoms with Crippen LogP contribution in [0.15, 0.2) is 20.0 Å². The Bertz CT molecular complexity index is 564. The fraction of sp³-hybridized carbons (Fsp3) is 0.692. The third kappa shape index (κ3) is 4.48. The fourth-order valence-corrected chi connectivity index (χ4v) is 5.51. The maximum Gasteiger partial charge on any atom is 0.247 e. The summed E-state index contributed by atoms with van der Waals surface area (Å²) in [4.78, 5) is 0.231. The molecule has 1 saturated heterocycles. The number of nitrogens with one attached hydrogen (secondary N) is 1. The van der Waals surface area contributed by atoms with Crippen LogP contribution in [-0.2, 0) is 16.6 Å². The van der Waals surface area contributed by atoms with Gasteiger partial charge in [-0.05, 0) is 28.1 Å². The topological polar surface area (TPSA) is 62.6 Å². The summed E-state index contributed by atoms with van der Waals surface area (Å²) in [5, 5.41) is 3.22. The van der Waals surface area contributed by atoms with Gasteiger partial charge in [-0.25, -0.2) is 8.42 Å². The van der Waals surface area contributed by atoms with Crippen LogP contribution >= 0.6 is 27.7 Å². The Balaban J connectivity index is 2.19. The maximum atomic E-state index is 12.7. The molecule has 1 aromatic rings. The van der Waals surface area contributed by atoms with E-state index in [0.29, 0.717) is 36.1 Å². The molecule has 0 aliphatic carbocycles. The van der Waals surface area contributed by atoms with Gasteiger partial charge >= 0.3 is 0 Å². The van der Waals surface area contributed by atoms with Crippen molar-refractivity contribution >= 4 is 37.7 Å². The number of hydrogen-bond acceptors (Lipinski definition) is 5. The molecule has 5 nitrogen and oxygen atoms in total. The highest BCUT2D eigenvalue weighted by atomic mass is 79.9. The van der Waals surface area contributed by atoms with Crippen LogP contribution in [0.1, 0.15) is 26.0 Å². The first-order chi connectivity index (χ1) is 9.91. The second-order valence-electron chi connectivity index (χ2n) is 5.26. The zero-order valence-corrected chi connectivity index (χ0v) is 15.5. The summed E-state index contributed by atoms with van der Waals surface area (Å²) in [5.41, 5.74) is 0. The second kappa shape index (κ2) is 7.50. The zero-order chi connectivity index (χ0) is 15.5. The molecule has 0 amide bonds. The van der Waals surface area contributed by atoms with E-state index in [1.165, 1.54) is 0 Å². The summed E-state index contributed by atoms with van der Waals surface area (Å²) < 4.78 is 32.8. The van der Waals surface area contributed by atoms with Crippen LogP contribution in [0.25, 0.3) is 0 Å². The molecule has 1 N–H and O–H groups in total. The Morgan fingerprint density at radius 3 is 2.90 bits per heavy atom. The normalized spacial score (nSPS) is 18.1. The number of rotatable bonds is 5. The third-order valence-corrected chi connectivity index (χ3v) is 6.99. The highest BCUT2D eigenvalue weighted by Crippen LogP contribution is 2.29. The average Bonchev–Trinajstić information content (AvgIpc) is 2.64. The molecule has 8 heteroatoms. The Morgan fingerprint density at radius 1 is 1.43 bits per heavy atom. The van der Waals surface area contributed by atoms with Crippen LogP contribution in [-0.4, -0.2) is 43.4 Å². The SMILES string of the molecule is CC(C)NCc1cc(S(=O)(=O)N2CCCSCC2)c(Br)o1. The van der Waals surface area contributed by atoms with E-state index >= 15 is 0 Å². The predicted octanol–water partition coefficient (Wildman–Crippen LogP) is 2.67. The Hall–Kier alpha value is -0.0200. The third-order valence-electron chi connectivity index (χ3n) is 3.19. The van der Waals surface area contributed by atoms with Crippen molar-refractivity contribution in [2.24, 2.45) is 0 Å². The second-order valence-corrected chi connectivity index (χ2v) is 9.11. The van der Waals surface area contributed by atoms with E-state index in [-0.39, 0.29) is 4.90 Å². The predicted molar refractivity (Wildman–Crippen MR) is 89.1 cm³/mol. The van der Waals surface area contributed by atoms with Crippen molar-refractivity contribution in [3.63, 3.8) is 0 Å². The van der Waals surface area contributed by atoms with E-state index in [1.807, 2.05) is 13.8 Å². The van der Waals surface area contributed by atoms with Crippen LogP contribution in [0, 0.1) is 0 Å². The van der Waals surface area contributed by atoms with E-state index in [2.05, 4.69) is 21.2 Å². The minimum Gasteiger partial charge on any atom is -0.452 e. The lowest BCUT2D eigenvalue weighted by molar-refractivity contribution is 0.428. The van der Waals surface area contributed by atoms with Gasteiger partial charge in [0.25, 0.3) is 0 Å². The Morgan fingerprint density at radius 2 is 2.19 bits per heavy atom. The average molecular weight is 397 g/mol. The van der Waals surface area contributed by atoms with E-state index in [1.54, 1.807) is 22.1 Å². The van der Waals surface area contributed by atoms with E-state index in [9.17, 15) is 8.42 Å². The maximum absolute atomic E-state index is 12.7. The molecule has 0 aromatic carbocycles. The standard InChI is InChI=1S/C13H21BrN2O3S2/c1-10(2)15-9-11-8-12(13(14)19-11)21(17,18)16-4-3-6-20-7-5-16/h8,10,15H,3-7,9H2,1-2H3. The van der Waals surface area contributed by atoms with Gasteiger partial charge in [-0.3, -0.25) is 0 Å². The number of halogens is 1. The van der Waals surface area contributed by atoms with E-state index < -0.39 is 10.0 Å². The summed E-state index contributed by atoms with van der Waals surface area (Å²) in [6, 6.07) is 1.93. The fourth-order valence-electron chi connectivity index (χ4n) is 2.07. The first kappa shape index (κ1) is 17.3. The highest BCUT2D eigenvalue weighted by Gasteiger charge is 2.29. The molecule has 0 saturated carbocycles. The molecule has 0 spiro atoms. The van der Waals surface area contributed by atoms with Crippen molar-refractivity contribution in [3.8, 4) is 0 Å². The molecule has 2 heterocycles. The quantitative estimate of drug-likeness (QED) is 0.828. The molecule has 1 aliphatic heterocycles. The van der Waals surface area contributed by atoms with E-state index in [0.717, 1.165) is 17.9 Å². The van der Waals surface area contributed by atoms with Crippen molar-refractivity contribution in [2.75, 3.05) is 24.6 Å². The molecule has 2 rings (SSSR count). The van der Waals surface area contributed by atoms with Crippen LogP contribution in [0.5, 0.6) is 0 Å². The number of thioether (sulfide) groups is 1. The molecule has 0 unspecified atom stereocenters. The van der Waals surface area contributed by atoms with E-state index in [4.69, 9.17) is 4.42 Å². The van der Waals surface area contributed by atoms with Crippen molar-refractivity contribution in [1.29, 1.82) is 0 Å². The van der Waals surface area contributed by atoms with Crippen LogP contribution in [0.3, 0.4) is 0 Å². The first-order valence-corrected chi connectivity index (χ1v) is 10.4. The molecule has 1 fully saturated rings. The summed E-state index contributed by atoms with van der Waals surface area (Å²) in [6.07, 6.45) is 0.890. The summed E-state index contributed by atoms with van der Waals surface area (Å²) in [7, 11) is -3.48. The smallest absolute Gasteiger partial charge is 0.247 e. The van der Waals surface area contributed by atoms with Gasteiger partial charge in [0.1, 0.15) is 10.7 Å². The number of sulfonamides is 1. The number of nitrogens with zero attached hydrogens (tertiary/aromatic N) is 1. The molecule has 0 radical (unpaired) electrons. The monoisotopic (exact) mass is 396 g/mol. The van der Waals surface area contributed by atoms with Gasteiger partial charge in [0.15, 0.2) is 4.67 Å². The largest absolute Gasteiger partial charge is 0.452 e. The lowest BCUT2D eigenvalue weighted by Crippen LogP contribution is -2.33. The first-order valence-electron chi connectivity index (χ1n) is 7.00. The van der Waals surface area contributed by atoms with Crippen molar-refractivity contribution in [3.05, 3.63) is 16.5 Å². The molecule has 0 atom stereocenters. The highest BCUT2D eigenvalue weighted by molar-refractivity contribution is 9.10. The lowest BCUT2D eigenvalue weighted by Gasteiger charge is -2.18. The number of furan rings is 1. The molecule has 1 aliphatic rings.